The number of fused-ring (bicyclic) bond motifs is 1. The zero-order valence-electron chi connectivity index (χ0n) is 15.8. The molecule has 4 aliphatic rings. The Bertz CT molecular complexity index is 541. The molecule has 1 amide bonds. The van der Waals surface area contributed by atoms with Crippen molar-refractivity contribution in [2.45, 2.75) is 48.8 Å². The van der Waals surface area contributed by atoms with Gasteiger partial charge in [-0.15, -0.1) is 11.6 Å². The van der Waals surface area contributed by atoms with Crippen LogP contribution in [0.4, 0.5) is 0 Å². The zero-order valence-corrected chi connectivity index (χ0v) is 16.6. The van der Waals surface area contributed by atoms with Crippen molar-refractivity contribution >= 4 is 17.5 Å². The number of rotatable bonds is 4. The van der Waals surface area contributed by atoms with Crippen LogP contribution in [-0.2, 0) is 9.53 Å². The maximum absolute atomic E-state index is 13.1. The number of ether oxygens (including phenoxy) is 1. The lowest BCUT2D eigenvalue weighted by Gasteiger charge is -2.42. The molecule has 0 aromatic heterocycles. The minimum Gasteiger partial charge on any atom is -0.578 e. The van der Waals surface area contributed by atoms with E-state index in [2.05, 4.69) is 33.3 Å². The first-order chi connectivity index (χ1) is 13.0. The molecular weight excluding hydrogens is 370 g/mol. The Morgan fingerprint density at radius 1 is 1.33 bits per heavy atom. The zero-order chi connectivity index (χ0) is 19.0. The summed E-state index contributed by atoms with van der Waals surface area (Å²) < 4.78 is 6.35. The highest BCUT2D eigenvalue weighted by atomic mass is 35.5. The molecule has 6 unspecified atom stereocenters. The number of carbonyl (C=O) groups is 1. The van der Waals surface area contributed by atoms with Gasteiger partial charge in [0.15, 0.2) is 0 Å². The largest absolute Gasteiger partial charge is 0.578 e. The first kappa shape index (κ1) is 19.8. The van der Waals surface area contributed by atoms with Crippen LogP contribution in [0.3, 0.4) is 0 Å². The molecule has 154 valence electrons. The van der Waals surface area contributed by atoms with Gasteiger partial charge in [0.1, 0.15) is 0 Å². The second-order valence-electron chi connectivity index (χ2n) is 8.16. The van der Waals surface area contributed by atoms with Crippen molar-refractivity contribution in [1.29, 1.82) is 0 Å². The Balaban J connectivity index is 1.37. The molecule has 4 fully saturated rings. The van der Waals surface area contributed by atoms with Crippen molar-refractivity contribution in [3.8, 4) is 0 Å². The van der Waals surface area contributed by atoms with Gasteiger partial charge in [-0.1, -0.05) is 6.17 Å². The molecule has 0 aliphatic carbocycles. The van der Waals surface area contributed by atoms with E-state index in [1.54, 1.807) is 0 Å². The molecule has 27 heavy (non-hydrogen) atoms. The number of alkyl halides is 1. The summed E-state index contributed by atoms with van der Waals surface area (Å²) in [4.78, 5) is 15.3. The van der Waals surface area contributed by atoms with Crippen LogP contribution in [0.1, 0.15) is 12.8 Å². The Labute approximate surface area is 165 Å². The molecule has 0 aromatic rings. The maximum atomic E-state index is 13.1. The van der Waals surface area contributed by atoms with Gasteiger partial charge in [0, 0.05) is 26.2 Å². The highest BCUT2D eigenvalue weighted by Gasteiger charge is 2.41. The number of hydrogen-bond acceptors (Lipinski definition) is 7. The number of piperidine rings is 1. The number of nitrogens with zero attached hydrogens (tertiary/aromatic N) is 3. The molecule has 4 rings (SSSR count). The van der Waals surface area contributed by atoms with Gasteiger partial charge in [-0.05, 0) is 33.0 Å². The van der Waals surface area contributed by atoms with Crippen molar-refractivity contribution < 1.29 is 9.53 Å². The average molecular weight is 401 g/mol. The van der Waals surface area contributed by atoms with E-state index in [1.165, 1.54) is 0 Å². The minimum absolute atomic E-state index is 0.0242. The molecule has 10 heteroatoms. The topological polar surface area (TPSA) is 109 Å². The minimum atomic E-state index is -0.552. The van der Waals surface area contributed by atoms with E-state index in [-0.39, 0.29) is 35.7 Å². The number of likely N-dealkylation sites (N-methyl/N-ethyl adjacent to an activating group) is 1. The molecule has 0 radical (unpaired) electrons. The highest BCUT2D eigenvalue weighted by molar-refractivity contribution is 6.21. The van der Waals surface area contributed by atoms with E-state index in [1.807, 2.05) is 5.01 Å². The van der Waals surface area contributed by atoms with Gasteiger partial charge < -0.3 is 41.8 Å². The summed E-state index contributed by atoms with van der Waals surface area (Å²) >= 11 is 6.19. The molecule has 0 bridgehead atoms. The fourth-order valence-corrected chi connectivity index (χ4v) is 4.80. The third-order valence-corrected chi connectivity index (χ3v) is 6.30. The van der Waals surface area contributed by atoms with Crippen molar-refractivity contribution in [3.63, 3.8) is 0 Å². The average Bonchev–Trinajstić information content (AvgIpc) is 3.18. The number of halogens is 1. The Morgan fingerprint density at radius 2 is 2.19 bits per heavy atom. The van der Waals surface area contributed by atoms with E-state index in [4.69, 9.17) is 22.1 Å². The van der Waals surface area contributed by atoms with Gasteiger partial charge in [0.2, 0.25) is 5.91 Å². The lowest BCUT2D eigenvalue weighted by molar-refractivity contribution is -0.129. The first-order valence-electron chi connectivity index (χ1n) is 9.97. The Morgan fingerprint density at radius 3 is 2.96 bits per heavy atom. The van der Waals surface area contributed by atoms with Crippen LogP contribution in [0.15, 0.2) is 0 Å². The number of likely N-dealkylation sites (tertiary alicyclic amines) is 1. The van der Waals surface area contributed by atoms with Crippen molar-refractivity contribution in [3.05, 3.63) is 5.43 Å². The number of carbonyl (C=O) groups excluding carboxylic acids is 1. The fourth-order valence-electron chi connectivity index (χ4n) is 4.57. The first-order valence-corrected chi connectivity index (χ1v) is 10.4. The van der Waals surface area contributed by atoms with Crippen LogP contribution in [0, 0.1) is 5.92 Å². The quantitative estimate of drug-likeness (QED) is 0.429. The van der Waals surface area contributed by atoms with Crippen molar-refractivity contribution in [1.82, 2.24) is 25.9 Å². The summed E-state index contributed by atoms with van der Waals surface area (Å²) in [5, 5.41) is 11.7. The maximum Gasteiger partial charge on any atom is 0.226 e. The molecule has 5 N–H and O–H groups in total. The Hall–Kier alpha value is -0.520. The number of nitrogens with two attached hydrogens (primary N) is 1. The molecule has 7 atom stereocenters. The van der Waals surface area contributed by atoms with E-state index in [0.29, 0.717) is 19.6 Å². The van der Waals surface area contributed by atoms with Gasteiger partial charge in [-0.25, -0.2) is 0 Å². The van der Waals surface area contributed by atoms with Gasteiger partial charge in [0.25, 0.3) is 0 Å². The van der Waals surface area contributed by atoms with Gasteiger partial charge in [-0.3, -0.25) is 4.79 Å². The lowest BCUT2D eigenvalue weighted by Crippen LogP contribution is -2.61. The van der Waals surface area contributed by atoms with Gasteiger partial charge in [-0.2, -0.15) is 0 Å². The molecule has 0 saturated carbocycles. The second kappa shape index (κ2) is 8.46. The number of amides is 1. The highest BCUT2D eigenvalue weighted by Crippen LogP contribution is 2.31. The van der Waals surface area contributed by atoms with E-state index >= 15 is 0 Å². The summed E-state index contributed by atoms with van der Waals surface area (Å²) in [6, 6.07) is -0.0530. The predicted octanol–water partition coefficient (Wildman–Crippen LogP) is -1.40. The fraction of sp³-hybridized carbons (Fsp3) is 0.941. The molecule has 4 saturated heterocycles. The third kappa shape index (κ3) is 4.40. The number of nitrogens with one attached hydrogen (secondary N) is 3. The molecular formula is C17H31ClN7O2-. The monoisotopic (exact) mass is 400 g/mol. The lowest BCUT2D eigenvalue weighted by atomic mass is 9.98. The molecule has 4 aliphatic heterocycles. The van der Waals surface area contributed by atoms with Crippen molar-refractivity contribution in [2.24, 2.45) is 11.7 Å². The molecule has 0 aromatic carbocycles. The Kier molecular flexibility index (Phi) is 6.20. The van der Waals surface area contributed by atoms with E-state index in [9.17, 15) is 4.79 Å². The van der Waals surface area contributed by atoms with Crippen LogP contribution in [0.5, 0.6) is 0 Å². The van der Waals surface area contributed by atoms with Crippen LogP contribution in [0.25, 0.3) is 5.43 Å². The summed E-state index contributed by atoms with van der Waals surface area (Å²) in [6.45, 7) is 4.91. The smallest absolute Gasteiger partial charge is 0.226 e. The molecule has 4 heterocycles. The number of hydrogen-bond donors (Lipinski definition) is 4. The standard InChI is InChI=1S/C17H31ClN7O2/c1-24-5-3-11(9-24)27-13-2-4-20-7-12(13)22-17(26)14-15(19)23-25-8-10(18)6-21-16(14)25/h10-16,20-21H,2-9,19H2,1H3,(H,22,26)/q-1/t10?,11-,12?,13?,14?,15?,16?/m1/s1. The second-order valence-corrected chi connectivity index (χ2v) is 8.78. The van der Waals surface area contributed by atoms with Gasteiger partial charge >= 0.3 is 0 Å². The van der Waals surface area contributed by atoms with E-state index in [0.717, 1.165) is 32.5 Å². The third-order valence-electron chi connectivity index (χ3n) is 6.01. The summed E-state index contributed by atoms with van der Waals surface area (Å²) in [6.07, 6.45) is 1.49. The SMILES string of the molecule is CN1CC[C@@H](OC2CCNCC2NC(=O)C2C(N)[N-]N3CC(Cl)CNC23)C1. The summed E-state index contributed by atoms with van der Waals surface area (Å²) in [5.41, 5.74) is 10.6. The summed E-state index contributed by atoms with van der Waals surface area (Å²) in [7, 11) is 2.12. The molecule has 9 nitrogen and oxygen atoms in total. The summed E-state index contributed by atoms with van der Waals surface area (Å²) in [5.74, 6) is -0.487. The van der Waals surface area contributed by atoms with Crippen LogP contribution < -0.4 is 21.7 Å². The normalized spacial score (nSPS) is 43.6. The van der Waals surface area contributed by atoms with Crippen LogP contribution >= 0.6 is 11.6 Å². The van der Waals surface area contributed by atoms with Crippen molar-refractivity contribution in [2.75, 3.05) is 46.3 Å². The van der Waals surface area contributed by atoms with Gasteiger partial charge in [0.05, 0.1) is 35.7 Å². The predicted molar refractivity (Wildman–Crippen MR) is 103 cm³/mol. The van der Waals surface area contributed by atoms with E-state index < -0.39 is 12.1 Å². The molecule has 0 spiro atoms. The van der Waals surface area contributed by atoms with Crippen LogP contribution in [-0.4, -0.2) is 98.1 Å². The van der Waals surface area contributed by atoms with Crippen LogP contribution in [0.2, 0.25) is 0 Å².